The van der Waals surface area contributed by atoms with Crippen molar-refractivity contribution in [2.75, 3.05) is 5.32 Å². The number of carbonyl (C=O) groups is 1. The van der Waals surface area contributed by atoms with Crippen LogP contribution >= 0.6 is 11.6 Å². The quantitative estimate of drug-likeness (QED) is 0.755. The number of carbonyl (C=O) groups excluding carboxylic acids is 1. The van der Waals surface area contributed by atoms with Gasteiger partial charge in [0.05, 0.1) is 10.5 Å². The maximum Gasteiger partial charge on any atom is 0.261 e. The molecular weight excluding hydrogens is 343 g/mol. The molecule has 0 aliphatic heterocycles. The Morgan fingerprint density at radius 1 is 1.24 bits per heavy atom. The van der Waals surface area contributed by atoms with E-state index in [-0.39, 0.29) is 16.0 Å². The number of aryl methyl sites for hydroxylation is 2. The minimum Gasteiger partial charge on any atom is -0.347 e. The maximum atomic E-state index is 13.2. The fourth-order valence-corrected chi connectivity index (χ4v) is 2.89. The van der Waals surface area contributed by atoms with Gasteiger partial charge in [0.2, 0.25) is 5.43 Å². The van der Waals surface area contributed by atoms with Crippen molar-refractivity contribution in [3.63, 3.8) is 0 Å². The predicted octanol–water partition coefficient (Wildman–Crippen LogP) is 4.37. The smallest absolute Gasteiger partial charge is 0.261 e. The molecule has 1 amide bonds. The van der Waals surface area contributed by atoms with E-state index in [1.807, 2.05) is 30.5 Å². The molecular formula is C19H16ClFN2O2. The summed E-state index contributed by atoms with van der Waals surface area (Å²) in [5.74, 6) is -1.13. The average molecular weight is 359 g/mol. The normalized spacial score (nSPS) is 10.9. The summed E-state index contributed by atoms with van der Waals surface area (Å²) in [4.78, 5) is 25.3. The van der Waals surface area contributed by atoms with Gasteiger partial charge >= 0.3 is 0 Å². The molecule has 0 fully saturated rings. The lowest BCUT2D eigenvalue weighted by molar-refractivity contribution is 0.102. The molecule has 0 unspecified atom stereocenters. The first-order valence-electron chi connectivity index (χ1n) is 7.81. The highest BCUT2D eigenvalue weighted by Crippen LogP contribution is 2.20. The number of halogens is 2. The summed E-state index contributed by atoms with van der Waals surface area (Å²) >= 11 is 5.73. The number of aromatic nitrogens is 1. The highest BCUT2D eigenvalue weighted by Gasteiger charge is 2.16. The van der Waals surface area contributed by atoms with Crippen LogP contribution in [0.2, 0.25) is 5.02 Å². The van der Waals surface area contributed by atoms with E-state index >= 15 is 0 Å². The van der Waals surface area contributed by atoms with Crippen molar-refractivity contribution < 1.29 is 9.18 Å². The van der Waals surface area contributed by atoms with Crippen molar-refractivity contribution in [1.82, 2.24) is 4.57 Å². The number of rotatable bonds is 3. The average Bonchev–Trinajstić information content (AvgIpc) is 2.59. The lowest BCUT2D eigenvalue weighted by Crippen LogP contribution is -2.24. The number of fused-ring (bicyclic) bond motifs is 1. The Morgan fingerprint density at radius 2 is 2.00 bits per heavy atom. The Hall–Kier alpha value is -2.66. The molecule has 128 valence electrons. The number of pyridine rings is 1. The van der Waals surface area contributed by atoms with Crippen molar-refractivity contribution in [3.05, 3.63) is 74.8 Å². The zero-order chi connectivity index (χ0) is 18.1. The van der Waals surface area contributed by atoms with Gasteiger partial charge in [-0.25, -0.2) is 4.39 Å². The Kier molecular flexibility index (Phi) is 4.59. The summed E-state index contributed by atoms with van der Waals surface area (Å²) in [5.41, 5.74) is 1.73. The zero-order valence-corrected chi connectivity index (χ0v) is 14.5. The molecule has 0 radical (unpaired) electrons. The van der Waals surface area contributed by atoms with Gasteiger partial charge in [0, 0.05) is 23.8 Å². The van der Waals surface area contributed by atoms with E-state index in [4.69, 9.17) is 11.6 Å². The van der Waals surface area contributed by atoms with E-state index in [1.165, 1.54) is 12.1 Å². The number of anilines is 1. The molecule has 0 atom stereocenters. The molecule has 0 aliphatic carbocycles. The van der Waals surface area contributed by atoms with Gasteiger partial charge in [-0.05, 0) is 44.2 Å². The minimum atomic E-state index is -0.575. The molecule has 1 N–H and O–H groups in total. The first kappa shape index (κ1) is 17.2. The summed E-state index contributed by atoms with van der Waals surface area (Å²) in [6.45, 7) is 4.44. The van der Waals surface area contributed by atoms with Crippen LogP contribution in [0.1, 0.15) is 22.8 Å². The summed E-state index contributed by atoms with van der Waals surface area (Å²) in [6.07, 6.45) is 1.54. The molecule has 4 nitrogen and oxygen atoms in total. The molecule has 1 heterocycles. The number of hydrogen-bond donors (Lipinski definition) is 1. The second-order valence-electron chi connectivity index (χ2n) is 5.76. The molecule has 25 heavy (non-hydrogen) atoms. The second kappa shape index (κ2) is 6.69. The molecule has 1 aromatic heterocycles. The van der Waals surface area contributed by atoms with E-state index in [0.717, 1.165) is 17.1 Å². The number of amides is 1. The number of nitrogens with zero attached hydrogens (tertiary/aromatic N) is 1. The standard InChI is InChI=1S/C19H16ClFN2O2/c1-3-23-10-14(18(24)13-8-11(2)4-7-17(13)23)19(25)22-12-5-6-16(21)15(20)9-12/h4-10H,3H2,1-2H3,(H,22,25). The molecule has 0 saturated heterocycles. The molecule has 0 spiro atoms. The highest BCUT2D eigenvalue weighted by molar-refractivity contribution is 6.31. The van der Waals surface area contributed by atoms with E-state index in [1.54, 1.807) is 12.3 Å². The molecule has 3 rings (SSSR count). The molecule has 3 aromatic rings. The Balaban J connectivity index is 2.08. The number of benzene rings is 2. The van der Waals surface area contributed by atoms with Gasteiger partial charge in [-0.1, -0.05) is 23.2 Å². The maximum absolute atomic E-state index is 13.2. The zero-order valence-electron chi connectivity index (χ0n) is 13.8. The van der Waals surface area contributed by atoms with Crippen LogP contribution in [0.4, 0.5) is 10.1 Å². The van der Waals surface area contributed by atoms with Gasteiger partial charge < -0.3 is 9.88 Å². The van der Waals surface area contributed by atoms with Gasteiger partial charge in [0.25, 0.3) is 5.91 Å². The van der Waals surface area contributed by atoms with Gasteiger partial charge in [-0.15, -0.1) is 0 Å². The molecule has 2 aromatic carbocycles. The van der Waals surface area contributed by atoms with Gasteiger partial charge in [-0.2, -0.15) is 0 Å². The van der Waals surface area contributed by atoms with Crippen molar-refractivity contribution >= 4 is 34.1 Å². The van der Waals surface area contributed by atoms with Crippen LogP contribution in [-0.4, -0.2) is 10.5 Å². The van der Waals surface area contributed by atoms with Crippen molar-refractivity contribution in [1.29, 1.82) is 0 Å². The predicted molar refractivity (Wildman–Crippen MR) is 98.0 cm³/mol. The second-order valence-corrected chi connectivity index (χ2v) is 6.17. The van der Waals surface area contributed by atoms with Crippen LogP contribution in [-0.2, 0) is 6.54 Å². The number of hydrogen-bond acceptors (Lipinski definition) is 2. The van der Waals surface area contributed by atoms with Crippen LogP contribution in [0, 0.1) is 12.7 Å². The third-order valence-corrected chi connectivity index (χ3v) is 4.29. The first-order valence-corrected chi connectivity index (χ1v) is 8.18. The molecule has 0 bridgehead atoms. The monoisotopic (exact) mass is 358 g/mol. The van der Waals surface area contributed by atoms with Gasteiger partial charge in [0.15, 0.2) is 0 Å². The van der Waals surface area contributed by atoms with E-state index in [0.29, 0.717) is 17.6 Å². The molecule has 0 saturated carbocycles. The van der Waals surface area contributed by atoms with Crippen LogP contribution in [0.3, 0.4) is 0 Å². The summed E-state index contributed by atoms with van der Waals surface area (Å²) in [5, 5.41) is 2.99. The fourth-order valence-electron chi connectivity index (χ4n) is 2.71. The summed E-state index contributed by atoms with van der Waals surface area (Å²) in [6, 6.07) is 9.42. The third kappa shape index (κ3) is 3.28. The lowest BCUT2D eigenvalue weighted by atomic mass is 10.1. The SMILES string of the molecule is CCn1cc(C(=O)Nc2ccc(F)c(Cl)c2)c(=O)c2cc(C)ccc21. The van der Waals surface area contributed by atoms with Gasteiger partial charge in [0.1, 0.15) is 11.4 Å². The third-order valence-electron chi connectivity index (χ3n) is 4.00. The van der Waals surface area contributed by atoms with Gasteiger partial charge in [-0.3, -0.25) is 9.59 Å². The van der Waals surface area contributed by atoms with Crippen molar-refractivity contribution in [2.45, 2.75) is 20.4 Å². The number of nitrogens with one attached hydrogen (secondary N) is 1. The minimum absolute atomic E-state index is 0.0281. The molecule has 0 aliphatic rings. The largest absolute Gasteiger partial charge is 0.347 e. The first-order chi connectivity index (χ1) is 11.9. The topological polar surface area (TPSA) is 51.1 Å². The van der Waals surface area contributed by atoms with E-state index in [2.05, 4.69) is 5.32 Å². The highest BCUT2D eigenvalue weighted by atomic mass is 35.5. The van der Waals surface area contributed by atoms with Crippen LogP contribution in [0.5, 0.6) is 0 Å². The van der Waals surface area contributed by atoms with Crippen molar-refractivity contribution in [3.8, 4) is 0 Å². The van der Waals surface area contributed by atoms with Crippen LogP contribution in [0.25, 0.3) is 10.9 Å². The summed E-state index contributed by atoms with van der Waals surface area (Å²) < 4.78 is 15.1. The fraction of sp³-hybridized carbons (Fsp3) is 0.158. The van der Waals surface area contributed by atoms with E-state index < -0.39 is 11.7 Å². The van der Waals surface area contributed by atoms with E-state index in [9.17, 15) is 14.0 Å². The Labute approximate surface area is 148 Å². The van der Waals surface area contributed by atoms with Crippen LogP contribution in [0.15, 0.2) is 47.4 Å². The lowest BCUT2D eigenvalue weighted by Gasteiger charge is -2.12. The van der Waals surface area contributed by atoms with Crippen LogP contribution < -0.4 is 10.7 Å². The van der Waals surface area contributed by atoms with Crippen molar-refractivity contribution in [2.24, 2.45) is 0 Å². The summed E-state index contributed by atoms with van der Waals surface area (Å²) in [7, 11) is 0. The Bertz CT molecular complexity index is 1040. The molecule has 6 heteroatoms. The Morgan fingerprint density at radius 3 is 2.68 bits per heavy atom.